The number of aryl methyl sites for hydroxylation is 1. The Morgan fingerprint density at radius 3 is 2.75 bits per heavy atom. The van der Waals surface area contributed by atoms with Crippen molar-refractivity contribution in [3.8, 4) is 0 Å². The highest BCUT2D eigenvalue weighted by molar-refractivity contribution is 5.90. The first-order valence-corrected chi connectivity index (χ1v) is 11.8. The second kappa shape index (κ2) is 9.00. The monoisotopic (exact) mass is 432 g/mol. The lowest BCUT2D eigenvalue weighted by atomic mass is 9.91. The predicted octanol–water partition coefficient (Wildman–Crippen LogP) is 3.55. The Morgan fingerprint density at radius 1 is 1.12 bits per heavy atom. The number of imidazole rings is 1. The lowest BCUT2D eigenvalue weighted by Crippen LogP contribution is -2.48. The van der Waals surface area contributed by atoms with Crippen LogP contribution >= 0.6 is 0 Å². The van der Waals surface area contributed by atoms with E-state index in [0.29, 0.717) is 6.54 Å². The third kappa shape index (κ3) is 3.91. The summed E-state index contributed by atoms with van der Waals surface area (Å²) in [6.07, 6.45) is 5.25. The number of hydrogen-bond acceptors (Lipinski definition) is 5. The minimum absolute atomic E-state index is 0.0417. The highest BCUT2D eigenvalue weighted by Gasteiger charge is 2.30. The van der Waals surface area contributed by atoms with Crippen LogP contribution in [-0.4, -0.2) is 75.0 Å². The van der Waals surface area contributed by atoms with Gasteiger partial charge in [-0.05, 0) is 56.6 Å². The minimum atomic E-state index is 0.0417. The summed E-state index contributed by atoms with van der Waals surface area (Å²) in [7, 11) is 2.11. The predicted molar refractivity (Wildman–Crippen MR) is 126 cm³/mol. The van der Waals surface area contributed by atoms with Crippen molar-refractivity contribution in [2.45, 2.75) is 38.8 Å². The molecule has 0 bridgehead atoms. The van der Waals surface area contributed by atoms with Crippen LogP contribution in [0.3, 0.4) is 0 Å². The second-order valence-corrected chi connectivity index (χ2v) is 8.94. The molecule has 7 nitrogen and oxygen atoms in total. The van der Waals surface area contributed by atoms with Crippen LogP contribution in [0.25, 0.3) is 11.0 Å². The van der Waals surface area contributed by atoms with Crippen molar-refractivity contribution in [3.05, 3.63) is 59.7 Å². The number of amides is 1. The van der Waals surface area contributed by atoms with E-state index < -0.39 is 0 Å². The fourth-order valence-corrected chi connectivity index (χ4v) is 5.10. The number of rotatable bonds is 4. The zero-order valence-electron chi connectivity index (χ0n) is 19.1. The van der Waals surface area contributed by atoms with Crippen molar-refractivity contribution in [2.24, 2.45) is 0 Å². The maximum Gasteiger partial charge on any atom is 0.330 e. The number of piperazine rings is 1. The fraction of sp³-hybridized carbons (Fsp3) is 0.480. The molecule has 168 valence electrons. The number of carbonyl (C=O) groups is 1. The van der Waals surface area contributed by atoms with E-state index in [1.165, 1.54) is 11.3 Å². The zero-order chi connectivity index (χ0) is 22.1. The average molecular weight is 433 g/mol. The fourth-order valence-electron chi connectivity index (χ4n) is 5.10. The van der Waals surface area contributed by atoms with E-state index in [9.17, 15) is 4.79 Å². The lowest BCUT2D eigenvalue weighted by molar-refractivity contribution is 0.150. The molecule has 1 saturated heterocycles. The summed E-state index contributed by atoms with van der Waals surface area (Å²) in [6.45, 7) is 7.00. The summed E-state index contributed by atoms with van der Waals surface area (Å²) >= 11 is 0. The van der Waals surface area contributed by atoms with Gasteiger partial charge in [-0.1, -0.05) is 25.1 Å². The molecule has 2 aromatic heterocycles. The summed E-state index contributed by atoms with van der Waals surface area (Å²) < 4.78 is 1.85. The largest absolute Gasteiger partial charge is 0.330 e. The quantitative estimate of drug-likeness (QED) is 0.631. The second-order valence-electron chi connectivity index (χ2n) is 8.94. The molecule has 1 aliphatic carbocycles. The van der Waals surface area contributed by atoms with E-state index in [4.69, 9.17) is 9.97 Å². The van der Waals surface area contributed by atoms with Gasteiger partial charge in [-0.15, -0.1) is 0 Å². The number of carbonyl (C=O) groups excluding carboxylic acids is 1. The number of likely N-dealkylation sites (N-methyl/N-ethyl adjacent to an activating group) is 1. The summed E-state index contributed by atoms with van der Waals surface area (Å²) in [5.41, 5.74) is 4.31. The van der Waals surface area contributed by atoms with Gasteiger partial charge in [0.1, 0.15) is 5.82 Å². The molecule has 0 spiro atoms. The van der Waals surface area contributed by atoms with Gasteiger partial charge in [0, 0.05) is 32.4 Å². The molecule has 7 heteroatoms. The molecule has 32 heavy (non-hydrogen) atoms. The maximum atomic E-state index is 13.6. The highest BCUT2D eigenvalue weighted by atomic mass is 16.2. The van der Waals surface area contributed by atoms with Crippen molar-refractivity contribution >= 4 is 17.1 Å². The van der Waals surface area contributed by atoms with E-state index in [2.05, 4.69) is 29.8 Å². The van der Waals surface area contributed by atoms with Gasteiger partial charge in [-0.3, -0.25) is 9.88 Å². The molecule has 1 unspecified atom stereocenters. The number of aromatic nitrogens is 3. The summed E-state index contributed by atoms with van der Waals surface area (Å²) in [5.74, 6) is 0.819. The summed E-state index contributed by atoms with van der Waals surface area (Å²) in [4.78, 5) is 30.0. The molecule has 1 amide bonds. The van der Waals surface area contributed by atoms with Crippen LogP contribution in [-0.2, 0) is 13.0 Å². The van der Waals surface area contributed by atoms with Crippen molar-refractivity contribution < 1.29 is 4.79 Å². The molecule has 2 aliphatic rings. The number of para-hydroxylation sites is 2. The molecule has 3 heterocycles. The molecular weight excluding hydrogens is 400 g/mol. The van der Waals surface area contributed by atoms with E-state index >= 15 is 0 Å². The van der Waals surface area contributed by atoms with Crippen LogP contribution in [0.15, 0.2) is 42.6 Å². The first-order chi connectivity index (χ1) is 15.7. The Bertz CT molecular complexity index is 1100. The van der Waals surface area contributed by atoms with Crippen molar-refractivity contribution in [2.75, 3.05) is 39.8 Å². The van der Waals surface area contributed by atoms with Gasteiger partial charge in [0.25, 0.3) is 0 Å². The Morgan fingerprint density at radius 2 is 1.94 bits per heavy atom. The van der Waals surface area contributed by atoms with Gasteiger partial charge in [0.15, 0.2) is 0 Å². The Balaban J connectivity index is 1.49. The van der Waals surface area contributed by atoms with Crippen molar-refractivity contribution in [1.82, 2.24) is 29.2 Å². The number of nitrogens with zero attached hydrogens (tertiary/aromatic N) is 6. The zero-order valence-corrected chi connectivity index (χ0v) is 19.1. The Hall–Kier alpha value is -2.77. The number of pyridine rings is 1. The van der Waals surface area contributed by atoms with Crippen molar-refractivity contribution in [1.29, 1.82) is 0 Å². The van der Waals surface area contributed by atoms with Gasteiger partial charge >= 0.3 is 6.03 Å². The summed E-state index contributed by atoms with van der Waals surface area (Å²) in [5, 5.41) is 0. The molecule has 0 saturated carbocycles. The lowest BCUT2D eigenvalue weighted by Gasteiger charge is -2.35. The van der Waals surface area contributed by atoms with Crippen molar-refractivity contribution in [3.63, 3.8) is 0 Å². The third-order valence-electron chi connectivity index (χ3n) is 6.95. The summed E-state index contributed by atoms with van der Waals surface area (Å²) in [6, 6.07) is 12.5. The highest BCUT2D eigenvalue weighted by Crippen LogP contribution is 2.33. The molecular formula is C25H32N6O. The van der Waals surface area contributed by atoms with Gasteiger partial charge in [-0.25, -0.2) is 14.3 Å². The van der Waals surface area contributed by atoms with Gasteiger partial charge in [0.2, 0.25) is 0 Å². The van der Waals surface area contributed by atoms with Gasteiger partial charge < -0.3 is 9.80 Å². The Labute approximate surface area is 189 Å². The molecule has 1 atom stereocenters. The molecule has 1 fully saturated rings. The molecule has 1 aliphatic heterocycles. The first kappa shape index (κ1) is 21.1. The van der Waals surface area contributed by atoms with Crippen LogP contribution in [0, 0.1) is 0 Å². The Kier molecular flexibility index (Phi) is 5.93. The molecule has 5 rings (SSSR count). The molecule has 0 N–H and O–H groups in total. The van der Waals surface area contributed by atoms with Crippen LogP contribution in [0.2, 0.25) is 0 Å². The SMILES string of the molecule is CCN(Cc1nc2ccccc2n1C(=O)N1CCN(C)CC1)C1CCCc2cccnc21. The standard InChI is InChI=1S/C25H32N6O/c1-3-29(22-12-6-8-19-9-7-13-26-24(19)22)18-23-27-20-10-4-5-11-21(20)31(23)25(32)30-16-14-28(2)15-17-30/h4-5,7,9-11,13,22H,3,6,8,12,14-18H2,1-2H3. The van der Waals surface area contributed by atoms with Crippen LogP contribution < -0.4 is 0 Å². The molecule has 3 aromatic rings. The number of hydrogen-bond donors (Lipinski definition) is 0. The van der Waals surface area contributed by atoms with Gasteiger partial charge in [0.05, 0.1) is 29.3 Å². The average Bonchev–Trinajstić information content (AvgIpc) is 3.20. The minimum Gasteiger partial charge on any atom is -0.321 e. The molecule has 0 radical (unpaired) electrons. The van der Waals surface area contributed by atoms with Crippen LogP contribution in [0.1, 0.15) is 42.9 Å². The van der Waals surface area contributed by atoms with E-state index in [-0.39, 0.29) is 12.1 Å². The maximum absolute atomic E-state index is 13.6. The van der Waals surface area contributed by atoms with Crippen LogP contribution in [0.4, 0.5) is 4.79 Å². The molecule has 1 aromatic carbocycles. The third-order valence-corrected chi connectivity index (χ3v) is 6.95. The normalized spacial score (nSPS) is 19.5. The van der Waals surface area contributed by atoms with Gasteiger partial charge in [-0.2, -0.15) is 0 Å². The number of fused-ring (bicyclic) bond motifs is 2. The topological polar surface area (TPSA) is 57.5 Å². The smallest absolute Gasteiger partial charge is 0.321 e. The van der Waals surface area contributed by atoms with E-state index in [0.717, 1.165) is 68.8 Å². The van der Waals surface area contributed by atoms with E-state index in [1.807, 2.05) is 46.0 Å². The van der Waals surface area contributed by atoms with Crippen LogP contribution in [0.5, 0.6) is 0 Å². The van der Waals surface area contributed by atoms with E-state index in [1.54, 1.807) is 0 Å². The first-order valence-electron chi connectivity index (χ1n) is 11.8. The number of benzene rings is 1.